The maximum absolute atomic E-state index is 11.5. The van der Waals surface area contributed by atoms with Crippen molar-refractivity contribution in [3.05, 3.63) is 18.2 Å². The SMILES string of the molecule is CC(C)NCc1cn(CC(=O)NCCC#N)cn1. The molecule has 0 spiro atoms. The Balaban J connectivity index is 2.34. The molecule has 0 aromatic carbocycles. The van der Waals surface area contributed by atoms with E-state index < -0.39 is 0 Å². The Morgan fingerprint density at radius 2 is 2.39 bits per heavy atom. The molecule has 0 bridgehead atoms. The Kier molecular flexibility index (Phi) is 5.88. The maximum atomic E-state index is 11.5. The number of rotatable bonds is 7. The van der Waals surface area contributed by atoms with Crippen LogP contribution in [0.1, 0.15) is 26.0 Å². The zero-order valence-corrected chi connectivity index (χ0v) is 10.8. The van der Waals surface area contributed by atoms with Gasteiger partial charge in [-0.1, -0.05) is 13.8 Å². The van der Waals surface area contributed by atoms with Crippen molar-refractivity contribution in [1.29, 1.82) is 5.26 Å². The van der Waals surface area contributed by atoms with Gasteiger partial charge in [0.15, 0.2) is 0 Å². The van der Waals surface area contributed by atoms with Gasteiger partial charge >= 0.3 is 0 Å². The number of hydrogen-bond acceptors (Lipinski definition) is 4. The van der Waals surface area contributed by atoms with Crippen LogP contribution in [0.15, 0.2) is 12.5 Å². The van der Waals surface area contributed by atoms with Crippen molar-refractivity contribution in [1.82, 2.24) is 20.2 Å². The molecular formula is C12H19N5O. The zero-order chi connectivity index (χ0) is 13.4. The van der Waals surface area contributed by atoms with Crippen LogP contribution in [0.25, 0.3) is 0 Å². The van der Waals surface area contributed by atoms with E-state index in [0.29, 0.717) is 25.6 Å². The van der Waals surface area contributed by atoms with Crippen LogP contribution < -0.4 is 10.6 Å². The number of hydrogen-bond donors (Lipinski definition) is 2. The van der Waals surface area contributed by atoms with Crippen LogP contribution in [-0.2, 0) is 17.9 Å². The number of nitrogens with zero attached hydrogens (tertiary/aromatic N) is 3. The van der Waals surface area contributed by atoms with Gasteiger partial charge in [-0.25, -0.2) is 4.98 Å². The third kappa shape index (κ3) is 5.46. The molecule has 18 heavy (non-hydrogen) atoms. The summed E-state index contributed by atoms with van der Waals surface area (Å²) in [7, 11) is 0. The molecule has 1 amide bonds. The van der Waals surface area contributed by atoms with E-state index in [4.69, 9.17) is 5.26 Å². The summed E-state index contributed by atoms with van der Waals surface area (Å²) in [6.07, 6.45) is 3.82. The first kappa shape index (κ1) is 14.2. The number of imidazole rings is 1. The van der Waals surface area contributed by atoms with E-state index in [1.165, 1.54) is 0 Å². The van der Waals surface area contributed by atoms with E-state index in [-0.39, 0.29) is 12.5 Å². The summed E-state index contributed by atoms with van der Waals surface area (Å²) in [6.45, 7) is 5.46. The van der Waals surface area contributed by atoms with Gasteiger partial charge in [-0.3, -0.25) is 4.79 Å². The molecular weight excluding hydrogens is 230 g/mol. The van der Waals surface area contributed by atoms with Crippen LogP contribution in [0.4, 0.5) is 0 Å². The van der Waals surface area contributed by atoms with Crippen molar-refractivity contribution in [2.75, 3.05) is 6.54 Å². The molecule has 0 saturated carbocycles. The lowest BCUT2D eigenvalue weighted by Crippen LogP contribution is -2.27. The molecule has 0 aliphatic rings. The highest BCUT2D eigenvalue weighted by molar-refractivity contribution is 5.75. The number of nitriles is 1. The molecule has 6 nitrogen and oxygen atoms in total. The smallest absolute Gasteiger partial charge is 0.240 e. The van der Waals surface area contributed by atoms with Crippen LogP contribution >= 0.6 is 0 Å². The van der Waals surface area contributed by atoms with Crippen molar-refractivity contribution in [2.24, 2.45) is 0 Å². The molecule has 98 valence electrons. The average Bonchev–Trinajstić information content (AvgIpc) is 2.74. The summed E-state index contributed by atoms with van der Waals surface area (Å²) in [5.74, 6) is -0.106. The highest BCUT2D eigenvalue weighted by Crippen LogP contribution is 1.96. The first-order valence-corrected chi connectivity index (χ1v) is 5.99. The summed E-state index contributed by atoms with van der Waals surface area (Å²) in [5, 5.41) is 14.3. The van der Waals surface area contributed by atoms with Gasteiger partial charge in [0, 0.05) is 25.3 Å². The van der Waals surface area contributed by atoms with Gasteiger partial charge in [-0.05, 0) is 0 Å². The van der Waals surface area contributed by atoms with Gasteiger partial charge in [0.2, 0.25) is 5.91 Å². The van der Waals surface area contributed by atoms with Gasteiger partial charge in [0.1, 0.15) is 6.54 Å². The van der Waals surface area contributed by atoms with Crippen molar-refractivity contribution in [2.45, 2.75) is 39.4 Å². The molecule has 0 saturated heterocycles. The number of carbonyl (C=O) groups excluding carboxylic acids is 1. The molecule has 0 unspecified atom stereocenters. The van der Waals surface area contributed by atoms with E-state index >= 15 is 0 Å². The summed E-state index contributed by atoms with van der Waals surface area (Å²) < 4.78 is 1.74. The lowest BCUT2D eigenvalue weighted by atomic mass is 10.3. The third-order valence-corrected chi connectivity index (χ3v) is 2.26. The minimum absolute atomic E-state index is 0.106. The van der Waals surface area contributed by atoms with E-state index in [9.17, 15) is 4.79 Å². The quantitative estimate of drug-likeness (QED) is 0.686. The lowest BCUT2D eigenvalue weighted by Gasteiger charge is -2.05. The van der Waals surface area contributed by atoms with Crippen molar-refractivity contribution in [3.8, 4) is 6.07 Å². The summed E-state index contributed by atoms with van der Waals surface area (Å²) in [6, 6.07) is 2.38. The van der Waals surface area contributed by atoms with E-state index in [1.807, 2.05) is 12.3 Å². The van der Waals surface area contributed by atoms with Crippen LogP contribution in [0, 0.1) is 11.3 Å². The summed E-state index contributed by atoms with van der Waals surface area (Å²) in [4.78, 5) is 15.7. The van der Waals surface area contributed by atoms with E-state index in [2.05, 4.69) is 29.5 Å². The van der Waals surface area contributed by atoms with Gasteiger partial charge < -0.3 is 15.2 Å². The largest absolute Gasteiger partial charge is 0.354 e. The molecule has 1 heterocycles. The molecule has 1 aromatic heterocycles. The highest BCUT2D eigenvalue weighted by Gasteiger charge is 2.04. The standard InChI is InChI=1S/C12H19N5O/c1-10(2)15-6-11-7-17(9-16-11)8-12(18)14-5-3-4-13/h7,9-10,15H,3,5-6,8H2,1-2H3,(H,14,18). The van der Waals surface area contributed by atoms with Crippen LogP contribution in [-0.4, -0.2) is 28.0 Å². The molecule has 0 aliphatic heterocycles. The minimum atomic E-state index is -0.106. The predicted molar refractivity (Wildman–Crippen MR) is 67.4 cm³/mol. The molecule has 0 atom stereocenters. The zero-order valence-electron chi connectivity index (χ0n) is 10.8. The second-order valence-electron chi connectivity index (χ2n) is 4.33. The number of amides is 1. The normalized spacial score (nSPS) is 10.3. The molecule has 0 radical (unpaired) electrons. The first-order valence-electron chi connectivity index (χ1n) is 5.99. The Bertz CT molecular complexity index is 418. The predicted octanol–water partition coefficient (Wildman–Crippen LogP) is 0.411. The first-order chi connectivity index (χ1) is 8.61. The van der Waals surface area contributed by atoms with Gasteiger partial charge in [-0.2, -0.15) is 5.26 Å². The topological polar surface area (TPSA) is 82.7 Å². The van der Waals surface area contributed by atoms with Crippen LogP contribution in [0.2, 0.25) is 0 Å². The van der Waals surface area contributed by atoms with Crippen molar-refractivity contribution in [3.63, 3.8) is 0 Å². The number of nitrogens with one attached hydrogen (secondary N) is 2. The maximum Gasteiger partial charge on any atom is 0.240 e. The van der Waals surface area contributed by atoms with Crippen LogP contribution in [0.3, 0.4) is 0 Å². The van der Waals surface area contributed by atoms with Gasteiger partial charge in [0.25, 0.3) is 0 Å². The van der Waals surface area contributed by atoms with E-state index in [0.717, 1.165) is 5.69 Å². The number of aromatic nitrogens is 2. The summed E-state index contributed by atoms with van der Waals surface area (Å²) >= 11 is 0. The van der Waals surface area contributed by atoms with Crippen molar-refractivity contribution >= 4 is 5.91 Å². The van der Waals surface area contributed by atoms with Crippen LogP contribution in [0.5, 0.6) is 0 Å². The molecule has 2 N–H and O–H groups in total. The second-order valence-corrected chi connectivity index (χ2v) is 4.33. The Morgan fingerprint density at radius 3 is 3.06 bits per heavy atom. The second kappa shape index (κ2) is 7.45. The number of carbonyl (C=O) groups is 1. The van der Waals surface area contributed by atoms with Crippen molar-refractivity contribution < 1.29 is 4.79 Å². The minimum Gasteiger partial charge on any atom is -0.354 e. The Morgan fingerprint density at radius 1 is 1.61 bits per heavy atom. The molecule has 1 rings (SSSR count). The lowest BCUT2D eigenvalue weighted by molar-refractivity contribution is -0.121. The molecule has 1 aromatic rings. The van der Waals surface area contributed by atoms with Gasteiger partial charge in [-0.15, -0.1) is 0 Å². The Hall–Kier alpha value is -1.87. The van der Waals surface area contributed by atoms with E-state index in [1.54, 1.807) is 10.9 Å². The molecule has 6 heteroatoms. The third-order valence-electron chi connectivity index (χ3n) is 2.26. The molecule has 0 aliphatic carbocycles. The summed E-state index contributed by atoms with van der Waals surface area (Å²) in [5.41, 5.74) is 0.911. The monoisotopic (exact) mass is 249 g/mol. The molecule has 0 fully saturated rings. The highest BCUT2D eigenvalue weighted by atomic mass is 16.1. The fourth-order valence-corrected chi connectivity index (χ4v) is 1.37. The van der Waals surface area contributed by atoms with Gasteiger partial charge in [0.05, 0.1) is 24.5 Å². The fraction of sp³-hybridized carbons (Fsp3) is 0.583. The Labute approximate surface area is 107 Å². The fourth-order valence-electron chi connectivity index (χ4n) is 1.37. The average molecular weight is 249 g/mol.